The van der Waals surface area contributed by atoms with Crippen LogP contribution in [0.25, 0.3) is 5.57 Å². The number of nitrogens with zero attached hydrogens (tertiary/aromatic N) is 2. The van der Waals surface area contributed by atoms with Crippen molar-refractivity contribution in [3.05, 3.63) is 119 Å². The minimum absolute atomic E-state index is 0.00255. The van der Waals surface area contributed by atoms with Crippen molar-refractivity contribution in [2.24, 2.45) is 10.7 Å². The van der Waals surface area contributed by atoms with Crippen LogP contribution in [0.15, 0.2) is 96.3 Å². The highest BCUT2D eigenvalue weighted by Gasteiger charge is 2.62. The predicted molar refractivity (Wildman–Crippen MR) is 120 cm³/mol. The molecule has 1 aromatic heterocycles. The van der Waals surface area contributed by atoms with Crippen LogP contribution in [0.3, 0.4) is 0 Å². The summed E-state index contributed by atoms with van der Waals surface area (Å²) in [5.74, 6) is -0.511. The van der Waals surface area contributed by atoms with E-state index >= 15 is 4.39 Å². The van der Waals surface area contributed by atoms with Crippen molar-refractivity contribution in [3.8, 4) is 0 Å². The molecule has 4 nitrogen and oxygen atoms in total. The lowest BCUT2D eigenvalue weighted by molar-refractivity contribution is -0.0581. The number of benzene rings is 2. The molecule has 0 spiro atoms. The number of pyridine rings is 1. The Bertz CT molecular complexity index is 1260. The molecule has 0 saturated carbocycles. The topological polar surface area (TPSA) is 60.5 Å². The lowest BCUT2D eigenvalue weighted by Gasteiger charge is -2.48. The predicted octanol–water partition coefficient (Wildman–Crippen LogP) is 4.56. The number of aromatic nitrogens is 1. The summed E-state index contributed by atoms with van der Waals surface area (Å²) in [5.41, 5.74) is 5.55. The number of halogens is 2. The monoisotopic (exact) mass is 429 g/mol. The van der Waals surface area contributed by atoms with E-state index in [0.29, 0.717) is 16.7 Å². The zero-order chi connectivity index (χ0) is 22.3. The van der Waals surface area contributed by atoms with Gasteiger partial charge in [-0.25, -0.2) is 13.8 Å². The second-order valence-electron chi connectivity index (χ2n) is 7.81. The van der Waals surface area contributed by atoms with Gasteiger partial charge in [-0.05, 0) is 41.0 Å². The number of aliphatic imine (C=N–C) groups is 1. The molecule has 1 aliphatic heterocycles. The van der Waals surface area contributed by atoms with Gasteiger partial charge in [-0.1, -0.05) is 54.6 Å². The number of hydrogen-bond acceptors (Lipinski definition) is 4. The lowest BCUT2D eigenvalue weighted by atomic mass is 9.65. The number of fused-ring (bicyclic) bond motifs is 1. The highest BCUT2D eigenvalue weighted by atomic mass is 19.1. The second kappa shape index (κ2) is 7.50. The van der Waals surface area contributed by atoms with Crippen LogP contribution in [0.5, 0.6) is 0 Å². The molecule has 3 aromatic rings. The normalized spacial score (nSPS) is 26.4. The Morgan fingerprint density at radius 3 is 2.47 bits per heavy atom. The zero-order valence-electron chi connectivity index (χ0n) is 17.4. The van der Waals surface area contributed by atoms with Gasteiger partial charge < -0.3 is 10.5 Å². The molecule has 3 atom stereocenters. The molecule has 2 N–H and O–H groups in total. The van der Waals surface area contributed by atoms with Crippen LogP contribution in [0.4, 0.5) is 8.78 Å². The van der Waals surface area contributed by atoms with Crippen molar-refractivity contribution in [2.45, 2.75) is 17.3 Å². The summed E-state index contributed by atoms with van der Waals surface area (Å²) >= 11 is 0. The zero-order valence-corrected chi connectivity index (χ0v) is 17.4. The third-order valence-corrected chi connectivity index (χ3v) is 6.33. The maximum atomic E-state index is 16.7. The highest BCUT2D eigenvalue weighted by Crippen LogP contribution is 2.55. The van der Waals surface area contributed by atoms with Crippen molar-refractivity contribution in [3.63, 3.8) is 0 Å². The van der Waals surface area contributed by atoms with E-state index in [9.17, 15) is 4.39 Å². The molecule has 0 amide bonds. The quantitative estimate of drug-likeness (QED) is 0.662. The van der Waals surface area contributed by atoms with E-state index in [1.54, 1.807) is 54.9 Å². The summed E-state index contributed by atoms with van der Waals surface area (Å²) in [6.45, 7) is 0. The minimum atomic E-state index is -1.63. The molecule has 0 bridgehead atoms. The number of amidine groups is 1. The fourth-order valence-corrected chi connectivity index (χ4v) is 4.91. The molecule has 0 fully saturated rings. The first-order chi connectivity index (χ1) is 15.5. The van der Waals surface area contributed by atoms with Crippen LogP contribution < -0.4 is 5.73 Å². The maximum absolute atomic E-state index is 16.7. The maximum Gasteiger partial charge on any atom is 0.161 e. The van der Waals surface area contributed by atoms with Gasteiger partial charge >= 0.3 is 0 Å². The molecule has 2 aliphatic rings. The van der Waals surface area contributed by atoms with Crippen LogP contribution in [0.2, 0.25) is 0 Å². The molecular formula is C26H21F2N3O. The second-order valence-corrected chi connectivity index (χ2v) is 7.81. The number of alkyl halides is 1. The van der Waals surface area contributed by atoms with E-state index in [4.69, 9.17) is 15.5 Å². The summed E-state index contributed by atoms with van der Waals surface area (Å²) in [7, 11) is 1.44. The van der Waals surface area contributed by atoms with Gasteiger partial charge in [-0.3, -0.25) is 4.98 Å². The molecule has 1 aliphatic carbocycles. The Labute approximate surface area is 184 Å². The molecular weight excluding hydrogens is 408 g/mol. The molecule has 2 heterocycles. The van der Waals surface area contributed by atoms with Crippen LogP contribution in [-0.4, -0.2) is 29.7 Å². The molecule has 32 heavy (non-hydrogen) atoms. The van der Waals surface area contributed by atoms with Crippen molar-refractivity contribution in [1.82, 2.24) is 4.98 Å². The number of nitrogens with two attached hydrogens (primary N) is 1. The third kappa shape index (κ3) is 2.63. The van der Waals surface area contributed by atoms with E-state index < -0.39 is 23.1 Å². The van der Waals surface area contributed by atoms with Gasteiger partial charge in [0.05, 0.1) is 5.56 Å². The lowest BCUT2D eigenvalue weighted by Crippen LogP contribution is -2.58. The van der Waals surface area contributed by atoms with E-state index in [0.717, 1.165) is 5.56 Å². The number of hydrogen-bond donors (Lipinski definition) is 1. The Morgan fingerprint density at radius 2 is 1.75 bits per heavy atom. The summed E-state index contributed by atoms with van der Waals surface area (Å²) in [6, 6.07) is 17.4. The molecule has 3 unspecified atom stereocenters. The molecule has 0 radical (unpaired) electrons. The van der Waals surface area contributed by atoms with Gasteiger partial charge in [0.15, 0.2) is 11.8 Å². The van der Waals surface area contributed by atoms with Gasteiger partial charge in [0.2, 0.25) is 0 Å². The Kier molecular flexibility index (Phi) is 4.75. The third-order valence-electron chi connectivity index (χ3n) is 6.33. The van der Waals surface area contributed by atoms with Crippen molar-refractivity contribution < 1.29 is 13.5 Å². The molecule has 160 valence electrons. The average molecular weight is 429 g/mol. The smallest absolute Gasteiger partial charge is 0.161 e. The van der Waals surface area contributed by atoms with Crippen LogP contribution >= 0.6 is 0 Å². The number of rotatable bonds is 4. The fourth-order valence-electron chi connectivity index (χ4n) is 4.91. The van der Waals surface area contributed by atoms with Gasteiger partial charge in [0.1, 0.15) is 17.2 Å². The van der Waals surface area contributed by atoms with Gasteiger partial charge in [-0.15, -0.1) is 0 Å². The summed E-state index contributed by atoms with van der Waals surface area (Å²) in [6.07, 6.45) is 6.70. The SMILES string of the molecule is COC1(C2(c3ccncc3)N=C(N)c3c(F)cccc32)C=CC=C(c2ccccc2)C1F. The van der Waals surface area contributed by atoms with Crippen LogP contribution in [0, 0.1) is 5.82 Å². The van der Waals surface area contributed by atoms with Crippen LogP contribution in [-0.2, 0) is 10.3 Å². The van der Waals surface area contributed by atoms with Gasteiger partial charge in [-0.2, -0.15) is 0 Å². The molecule has 0 saturated heterocycles. The van der Waals surface area contributed by atoms with Crippen molar-refractivity contribution >= 4 is 11.4 Å². The van der Waals surface area contributed by atoms with E-state index in [1.807, 2.05) is 30.3 Å². The highest BCUT2D eigenvalue weighted by molar-refractivity contribution is 6.03. The van der Waals surface area contributed by atoms with E-state index in [2.05, 4.69) is 4.98 Å². The molecule has 6 heteroatoms. The molecule has 5 rings (SSSR count). The fraction of sp³-hybridized carbons (Fsp3) is 0.154. The van der Waals surface area contributed by atoms with E-state index in [1.165, 1.54) is 13.2 Å². The largest absolute Gasteiger partial charge is 0.383 e. The average Bonchev–Trinajstić information content (AvgIpc) is 3.15. The standard InChI is InChI=1S/C26H21F2N3O/c1-32-25(14-6-9-19(23(25)28)17-7-3-2-4-8-17)26(18-12-15-30-16-13-18)20-10-5-11-21(27)22(20)24(29)31-26/h2-16,23H,1H3,(H2,29,31). The number of methoxy groups -OCH3 is 1. The number of allylic oxidation sites excluding steroid dienone is 2. The number of ether oxygens (including phenoxy) is 1. The summed E-state index contributed by atoms with van der Waals surface area (Å²) < 4.78 is 37.6. The molecule has 2 aromatic carbocycles. The first-order valence-electron chi connectivity index (χ1n) is 10.2. The van der Waals surface area contributed by atoms with Crippen molar-refractivity contribution in [2.75, 3.05) is 7.11 Å². The Hall–Kier alpha value is -3.64. The summed E-state index contributed by atoms with van der Waals surface area (Å²) in [4.78, 5) is 8.85. The Morgan fingerprint density at radius 1 is 1.00 bits per heavy atom. The van der Waals surface area contributed by atoms with Crippen LogP contribution in [0.1, 0.15) is 22.3 Å². The van der Waals surface area contributed by atoms with Gasteiger partial charge in [0.25, 0.3) is 0 Å². The van der Waals surface area contributed by atoms with Crippen molar-refractivity contribution in [1.29, 1.82) is 0 Å². The van der Waals surface area contributed by atoms with E-state index in [-0.39, 0.29) is 11.4 Å². The van der Waals surface area contributed by atoms with Gasteiger partial charge in [0, 0.05) is 25.1 Å². The first-order valence-corrected chi connectivity index (χ1v) is 10.2. The first kappa shape index (κ1) is 20.3. The minimum Gasteiger partial charge on any atom is -0.383 e. The Balaban J connectivity index is 1.82. The summed E-state index contributed by atoms with van der Waals surface area (Å²) in [5, 5.41) is 0.